The molecule has 0 spiro atoms. The van der Waals surface area contributed by atoms with E-state index < -0.39 is 0 Å². The molecule has 0 unspecified atom stereocenters. The SMILES string of the molecule is CC(C)n1c(CO)nnc1-c1ccc(Br)cc1Br. The Bertz CT molecular complexity index is 566. The van der Waals surface area contributed by atoms with Gasteiger partial charge in [0.05, 0.1) is 0 Å². The van der Waals surface area contributed by atoms with E-state index >= 15 is 0 Å². The monoisotopic (exact) mass is 373 g/mol. The highest BCUT2D eigenvalue weighted by molar-refractivity contribution is 9.11. The minimum absolute atomic E-state index is 0.112. The Labute approximate surface area is 122 Å². The first kappa shape index (κ1) is 13.7. The Morgan fingerprint density at radius 2 is 2.00 bits per heavy atom. The third kappa shape index (κ3) is 2.50. The van der Waals surface area contributed by atoms with Crippen LogP contribution in [-0.2, 0) is 6.61 Å². The van der Waals surface area contributed by atoms with Crippen LogP contribution >= 0.6 is 31.9 Å². The van der Waals surface area contributed by atoms with Crippen molar-refractivity contribution in [2.75, 3.05) is 0 Å². The second-order valence-electron chi connectivity index (χ2n) is 4.19. The normalized spacial score (nSPS) is 11.2. The van der Waals surface area contributed by atoms with Crippen LogP contribution in [0.2, 0.25) is 0 Å². The first-order chi connectivity index (χ1) is 8.54. The fourth-order valence-electron chi connectivity index (χ4n) is 1.83. The number of aromatic nitrogens is 3. The summed E-state index contributed by atoms with van der Waals surface area (Å²) in [5, 5.41) is 17.5. The van der Waals surface area contributed by atoms with E-state index in [1.54, 1.807) is 0 Å². The number of aliphatic hydroxyl groups excluding tert-OH is 1. The van der Waals surface area contributed by atoms with Gasteiger partial charge in [-0.15, -0.1) is 10.2 Å². The van der Waals surface area contributed by atoms with Gasteiger partial charge in [0.15, 0.2) is 11.6 Å². The second kappa shape index (κ2) is 5.50. The number of hydrogen-bond donors (Lipinski definition) is 1. The van der Waals surface area contributed by atoms with Gasteiger partial charge >= 0.3 is 0 Å². The number of halogens is 2. The lowest BCUT2D eigenvalue weighted by Gasteiger charge is -2.14. The zero-order valence-corrected chi connectivity index (χ0v) is 13.2. The largest absolute Gasteiger partial charge is 0.388 e. The summed E-state index contributed by atoms with van der Waals surface area (Å²) in [6.07, 6.45) is 0. The fourth-order valence-corrected chi connectivity index (χ4v) is 3.05. The van der Waals surface area contributed by atoms with Gasteiger partial charge < -0.3 is 9.67 Å². The van der Waals surface area contributed by atoms with Crippen LogP contribution < -0.4 is 0 Å². The molecule has 0 amide bonds. The molecule has 1 heterocycles. The van der Waals surface area contributed by atoms with Crippen LogP contribution in [0.4, 0.5) is 0 Å². The molecule has 4 nitrogen and oxygen atoms in total. The zero-order chi connectivity index (χ0) is 13.3. The van der Waals surface area contributed by atoms with Gasteiger partial charge in [-0.3, -0.25) is 0 Å². The second-order valence-corrected chi connectivity index (χ2v) is 5.96. The lowest BCUT2D eigenvalue weighted by Crippen LogP contribution is -2.08. The van der Waals surface area contributed by atoms with E-state index in [1.165, 1.54) is 0 Å². The summed E-state index contributed by atoms with van der Waals surface area (Å²) in [4.78, 5) is 0. The molecule has 6 heteroatoms. The molecule has 0 fully saturated rings. The van der Waals surface area contributed by atoms with E-state index in [9.17, 15) is 5.11 Å². The summed E-state index contributed by atoms with van der Waals surface area (Å²) in [6, 6.07) is 6.08. The molecule has 1 aromatic heterocycles. The predicted molar refractivity (Wildman–Crippen MR) is 77.2 cm³/mol. The number of benzene rings is 1. The molecule has 18 heavy (non-hydrogen) atoms. The van der Waals surface area contributed by atoms with Gasteiger partial charge in [0.1, 0.15) is 6.61 Å². The number of rotatable bonds is 3. The van der Waals surface area contributed by atoms with Crippen LogP contribution in [0.1, 0.15) is 25.7 Å². The van der Waals surface area contributed by atoms with Gasteiger partial charge in [0.25, 0.3) is 0 Å². The van der Waals surface area contributed by atoms with Crippen LogP contribution in [-0.4, -0.2) is 19.9 Å². The summed E-state index contributed by atoms with van der Waals surface area (Å²) >= 11 is 6.95. The lowest BCUT2D eigenvalue weighted by molar-refractivity contribution is 0.262. The Morgan fingerprint density at radius 3 is 2.56 bits per heavy atom. The first-order valence-electron chi connectivity index (χ1n) is 5.54. The van der Waals surface area contributed by atoms with Crippen molar-refractivity contribution in [3.8, 4) is 11.4 Å². The van der Waals surface area contributed by atoms with Gasteiger partial charge in [0.2, 0.25) is 0 Å². The molecule has 0 radical (unpaired) electrons. The maximum absolute atomic E-state index is 9.30. The van der Waals surface area contributed by atoms with E-state index in [4.69, 9.17) is 0 Å². The highest BCUT2D eigenvalue weighted by Gasteiger charge is 2.17. The molecule has 0 bridgehead atoms. The molecule has 2 rings (SSSR count). The summed E-state index contributed by atoms with van der Waals surface area (Å²) < 4.78 is 3.88. The number of nitrogens with zero attached hydrogens (tertiary/aromatic N) is 3. The van der Waals surface area contributed by atoms with Crippen molar-refractivity contribution in [3.05, 3.63) is 33.0 Å². The van der Waals surface area contributed by atoms with Crippen molar-refractivity contribution in [2.45, 2.75) is 26.5 Å². The number of hydrogen-bond acceptors (Lipinski definition) is 3. The topological polar surface area (TPSA) is 50.9 Å². The van der Waals surface area contributed by atoms with Crippen molar-refractivity contribution in [2.24, 2.45) is 0 Å². The van der Waals surface area contributed by atoms with Gasteiger partial charge in [-0.1, -0.05) is 15.9 Å². The lowest BCUT2D eigenvalue weighted by atomic mass is 10.2. The van der Waals surface area contributed by atoms with E-state index in [1.807, 2.05) is 36.6 Å². The maximum atomic E-state index is 9.30. The Morgan fingerprint density at radius 1 is 1.28 bits per heavy atom. The van der Waals surface area contributed by atoms with Crippen LogP contribution in [0.3, 0.4) is 0 Å². The Balaban J connectivity index is 2.60. The fraction of sp³-hybridized carbons (Fsp3) is 0.333. The predicted octanol–water partition coefficient (Wildman–Crippen LogP) is 3.54. The molecular weight excluding hydrogens is 362 g/mol. The van der Waals surface area contributed by atoms with Gasteiger partial charge in [-0.2, -0.15) is 0 Å². The maximum Gasteiger partial charge on any atom is 0.165 e. The quantitative estimate of drug-likeness (QED) is 0.893. The van der Waals surface area contributed by atoms with Gasteiger partial charge in [0, 0.05) is 20.6 Å². The van der Waals surface area contributed by atoms with Crippen LogP contribution in [0.25, 0.3) is 11.4 Å². The third-order valence-corrected chi connectivity index (χ3v) is 3.75. The molecule has 1 aromatic carbocycles. The third-order valence-electron chi connectivity index (χ3n) is 2.60. The summed E-state index contributed by atoms with van der Waals surface area (Å²) in [5.41, 5.74) is 0.958. The molecule has 0 aliphatic heterocycles. The smallest absolute Gasteiger partial charge is 0.165 e. The molecule has 2 aromatic rings. The van der Waals surface area contributed by atoms with Crippen molar-refractivity contribution < 1.29 is 5.11 Å². The molecule has 96 valence electrons. The zero-order valence-electron chi connectivity index (χ0n) is 10.1. The molecule has 0 atom stereocenters. The summed E-state index contributed by atoms with van der Waals surface area (Å²) in [7, 11) is 0. The molecule has 0 aliphatic rings. The first-order valence-corrected chi connectivity index (χ1v) is 7.13. The molecule has 0 aliphatic carbocycles. The molecular formula is C12H13Br2N3O. The van der Waals surface area contributed by atoms with Crippen molar-refractivity contribution in [1.82, 2.24) is 14.8 Å². The van der Waals surface area contributed by atoms with E-state index in [2.05, 4.69) is 42.1 Å². The van der Waals surface area contributed by atoms with E-state index in [0.717, 1.165) is 20.3 Å². The summed E-state index contributed by atoms with van der Waals surface area (Å²) in [6.45, 7) is 3.97. The Hall–Kier alpha value is -0.720. The molecule has 0 saturated heterocycles. The van der Waals surface area contributed by atoms with Crippen LogP contribution in [0, 0.1) is 0 Å². The van der Waals surface area contributed by atoms with Gasteiger partial charge in [-0.05, 0) is 48.0 Å². The van der Waals surface area contributed by atoms with Crippen molar-refractivity contribution in [3.63, 3.8) is 0 Å². The van der Waals surface area contributed by atoms with Crippen LogP contribution in [0.15, 0.2) is 27.1 Å². The standard InChI is InChI=1S/C12H13Br2N3O/c1-7(2)17-11(6-18)15-16-12(17)9-4-3-8(13)5-10(9)14/h3-5,7,18H,6H2,1-2H3. The molecule has 0 saturated carbocycles. The average molecular weight is 375 g/mol. The highest BCUT2D eigenvalue weighted by atomic mass is 79.9. The van der Waals surface area contributed by atoms with E-state index in [0.29, 0.717) is 5.82 Å². The number of aliphatic hydroxyl groups is 1. The van der Waals surface area contributed by atoms with E-state index in [-0.39, 0.29) is 12.6 Å². The highest BCUT2D eigenvalue weighted by Crippen LogP contribution is 2.31. The van der Waals surface area contributed by atoms with Crippen molar-refractivity contribution >= 4 is 31.9 Å². The minimum atomic E-state index is -0.112. The minimum Gasteiger partial charge on any atom is -0.388 e. The van der Waals surface area contributed by atoms with Crippen LogP contribution in [0.5, 0.6) is 0 Å². The van der Waals surface area contributed by atoms with Crippen molar-refractivity contribution in [1.29, 1.82) is 0 Å². The average Bonchev–Trinajstić information content (AvgIpc) is 2.72. The summed E-state index contributed by atoms with van der Waals surface area (Å²) in [5.74, 6) is 1.34. The Kier molecular flexibility index (Phi) is 4.19. The molecule has 1 N–H and O–H groups in total. The van der Waals surface area contributed by atoms with Gasteiger partial charge in [-0.25, -0.2) is 0 Å².